The first-order valence-corrected chi connectivity index (χ1v) is 6.00. The normalized spacial score (nSPS) is 16.7. The third-order valence-corrected chi connectivity index (χ3v) is 3.32. The number of carbonyl (C=O) groups is 2. The molecule has 1 aliphatic heterocycles. The summed E-state index contributed by atoms with van der Waals surface area (Å²) in [6.07, 6.45) is 0.990. The highest BCUT2D eigenvalue weighted by molar-refractivity contribution is 5.89. The summed E-state index contributed by atoms with van der Waals surface area (Å²) in [7, 11) is 0. The molecule has 0 aromatic rings. The Morgan fingerprint density at radius 1 is 1.29 bits per heavy atom. The van der Waals surface area contributed by atoms with Crippen LogP contribution in [0, 0.1) is 0 Å². The smallest absolute Gasteiger partial charge is 0.318 e. The zero-order chi connectivity index (χ0) is 12.9. The van der Waals surface area contributed by atoms with E-state index in [9.17, 15) is 9.59 Å². The van der Waals surface area contributed by atoms with Gasteiger partial charge in [0.25, 0.3) is 0 Å². The fourth-order valence-corrected chi connectivity index (χ4v) is 1.89. The zero-order valence-corrected chi connectivity index (χ0v) is 10.5. The summed E-state index contributed by atoms with van der Waals surface area (Å²) in [5.74, 6) is -0.482. The van der Waals surface area contributed by atoms with Gasteiger partial charge in [0.1, 0.15) is 5.54 Å². The van der Waals surface area contributed by atoms with Crippen molar-refractivity contribution in [1.29, 1.82) is 0 Å². The number of nitrogens with one attached hydrogen (secondary N) is 1. The number of rotatable bonds is 4. The summed E-state index contributed by atoms with van der Waals surface area (Å²) < 4.78 is 5.17. The Kier molecular flexibility index (Phi) is 4.74. The number of ether oxygens (including phenoxy) is 1. The monoisotopic (exact) mass is 243 g/mol. The Bertz CT molecular complexity index is 284. The Balaban J connectivity index is 2.66. The maximum Gasteiger partial charge on any atom is 0.318 e. The molecule has 0 radical (unpaired) electrons. The van der Waals surface area contributed by atoms with Gasteiger partial charge in [-0.1, -0.05) is 13.8 Å². The molecule has 1 rings (SSSR count). The van der Waals surface area contributed by atoms with E-state index >= 15 is 0 Å². The minimum Gasteiger partial charge on any atom is -0.378 e. The standard InChI is InChI=1S/C11H21N3O3/c1-3-11(4-2,9(12)15)13-10(16)14-5-7-17-8-6-14/h3-8H2,1-2H3,(H2,12,15)(H,13,16). The molecule has 6 heteroatoms. The van der Waals surface area contributed by atoms with Gasteiger partial charge in [-0.3, -0.25) is 4.79 Å². The molecule has 0 aromatic heterocycles. The molecule has 98 valence electrons. The summed E-state index contributed by atoms with van der Waals surface area (Å²) >= 11 is 0. The van der Waals surface area contributed by atoms with E-state index in [4.69, 9.17) is 10.5 Å². The second kappa shape index (κ2) is 5.86. The third kappa shape index (κ3) is 3.09. The van der Waals surface area contributed by atoms with Crippen molar-refractivity contribution in [3.63, 3.8) is 0 Å². The van der Waals surface area contributed by atoms with Gasteiger partial charge in [-0.15, -0.1) is 0 Å². The van der Waals surface area contributed by atoms with Crippen molar-refractivity contribution in [2.45, 2.75) is 32.2 Å². The molecule has 1 aliphatic rings. The van der Waals surface area contributed by atoms with Crippen LogP contribution < -0.4 is 11.1 Å². The van der Waals surface area contributed by atoms with E-state index in [0.717, 1.165) is 0 Å². The van der Waals surface area contributed by atoms with Gasteiger partial charge in [-0.05, 0) is 12.8 Å². The van der Waals surface area contributed by atoms with Crippen LogP contribution >= 0.6 is 0 Å². The highest BCUT2D eigenvalue weighted by atomic mass is 16.5. The largest absolute Gasteiger partial charge is 0.378 e. The number of hydrogen-bond donors (Lipinski definition) is 2. The Labute approximate surface area is 101 Å². The maximum absolute atomic E-state index is 12.0. The number of nitrogens with zero attached hydrogens (tertiary/aromatic N) is 1. The molecule has 0 saturated carbocycles. The molecule has 0 atom stereocenters. The number of primary amides is 1. The molecule has 0 unspecified atom stereocenters. The molecule has 0 spiro atoms. The summed E-state index contributed by atoms with van der Waals surface area (Å²) in [6.45, 7) is 5.86. The van der Waals surface area contributed by atoms with Crippen LogP contribution in [0.25, 0.3) is 0 Å². The van der Waals surface area contributed by atoms with Crippen molar-refractivity contribution < 1.29 is 14.3 Å². The van der Waals surface area contributed by atoms with Gasteiger partial charge in [0.15, 0.2) is 0 Å². The molecular weight excluding hydrogens is 222 g/mol. The van der Waals surface area contributed by atoms with Crippen molar-refractivity contribution in [3.05, 3.63) is 0 Å². The summed E-state index contributed by atoms with van der Waals surface area (Å²) in [5.41, 5.74) is 4.44. The SMILES string of the molecule is CCC(CC)(NC(=O)N1CCOCC1)C(N)=O. The van der Waals surface area contributed by atoms with Crippen molar-refractivity contribution in [3.8, 4) is 0 Å². The van der Waals surface area contributed by atoms with Crippen LogP contribution in [-0.2, 0) is 9.53 Å². The number of morpholine rings is 1. The number of carbonyl (C=O) groups excluding carboxylic acids is 2. The molecule has 0 aliphatic carbocycles. The first kappa shape index (κ1) is 13.8. The maximum atomic E-state index is 12.0. The molecular formula is C11H21N3O3. The molecule has 1 fully saturated rings. The van der Waals surface area contributed by atoms with E-state index in [0.29, 0.717) is 39.1 Å². The second-order valence-electron chi connectivity index (χ2n) is 4.18. The molecule has 1 heterocycles. The van der Waals surface area contributed by atoms with Crippen molar-refractivity contribution in [2.24, 2.45) is 5.73 Å². The lowest BCUT2D eigenvalue weighted by molar-refractivity contribution is -0.124. The van der Waals surface area contributed by atoms with Gasteiger partial charge in [0, 0.05) is 13.1 Å². The lowest BCUT2D eigenvalue weighted by atomic mass is 9.92. The predicted octanol–water partition coefficient (Wildman–Crippen LogP) is 0.0723. The predicted molar refractivity (Wildman–Crippen MR) is 63.4 cm³/mol. The number of amides is 3. The van der Waals surface area contributed by atoms with Crippen molar-refractivity contribution in [1.82, 2.24) is 10.2 Å². The number of urea groups is 1. The van der Waals surface area contributed by atoms with E-state index in [1.807, 2.05) is 13.8 Å². The molecule has 0 aromatic carbocycles. The van der Waals surface area contributed by atoms with Crippen LogP contribution in [0.4, 0.5) is 4.79 Å². The zero-order valence-electron chi connectivity index (χ0n) is 10.5. The van der Waals surface area contributed by atoms with Crippen LogP contribution in [0.2, 0.25) is 0 Å². The van der Waals surface area contributed by atoms with Crippen molar-refractivity contribution in [2.75, 3.05) is 26.3 Å². The van der Waals surface area contributed by atoms with Gasteiger partial charge in [0.2, 0.25) is 5.91 Å². The van der Waals surface area contributed by atoms with Crippen LogP contribution in [-0.4, -0.2) is 48.7 Å². The van der Waals surface area contributed by atoms with E-state index in [1.54, 1.807) is 4.90 Å². The molecule has 6 nitrogen and oxygen atoms in total. The second-order valence-corrected chi connectivity index (χ2v) is 4.18. The number of nitrogens with two attached hydrogens (primary N) is 1. The third-order valence-electron chi connectivity index (χ3n) is 3.32. The van der Waals surface area contributed by atoms with Gasteiger partial charge in [-0.25, -0.2) is 4.79 Å². The quantitative estimate of drug-likeness (QED) is 0.733. The highest BCUT2D eigenvalue weighted by Crippen LogP contribution is 2.15. The summed E-state index contributed by atoms with van der Waals surface area (Å²) in [5, 5.41) is 2.76. The first-order valence-electron chi connectivity index (χ1n) is 6.00. The minimum atomic E-state index is -0.935. The average molecular weight is 243 g/mol. The summed E-state index contributed by atoms with van der Waals surface area (Å²) in [4.78, 5) is 25.1. The van der Waals surface area contributed by atoms with E-state index in [1.165, 1.54) is 0 Å². The minimum absolute atomic E-state index is 0.240. The fraction of sp³-hybridized carbons (Fsp3) is 0.818. The Hall–Kier alpha value is -1.30. The molecule has 17 heavy (non-hydrogen) atoms. The molecule has 3 amide bonds. The van der Waals surface area contributed by atoms with Crippen molar-refractivity contribution >= 4 is 11.9 Å². The number of hydrogen-bond acceptors (Lipinski definition) is 3. The lowest BCUT2D eigenvalue weighted by Gasteiger charge is -2.34. The Morgan fingerprint density at radius 2 is 1.82 bits per heavy atom. The Morgan fingerprint density at radius 3 is 2.24 bits per heavy atom. The molecule has 0 bridgehead atoms. The fourth-order valence-electron chi connectivity index (χ4n) is 1.89. The molecule has 3 N–H and O–H groups in total. The molecule has 1 saturated heterocycles. The van der Waals surface area contributed by atoms with E-state index in [-0.39, 0.29) is 6.03 Å². The van der Waals surface area contributed by atoms with Crippen LogP contribution in [0.5, 0.6) is 0 Å². The first-order chi connectivity index (χ1) is 8.05. The topological polar surface area (TPSA) is 84.7 Å². The van der Waals surface area contributed by atoms with Crippen LogP contribution in [0.15, 0.2) is 0 Å². The van der Waals surface area contributed by atoms with Gasteiger partial charge < -0.3 is 20.7 Å². The summed E-state index contributed by atoms with van der Waals surface area (Å²) in [6, 6.07) is -0.240. The van der Waals surface area contributed by atoms with E-state index < -0.39 is 11.4 Å². The van der Waals surface area contributed by atoms with Gasteiger partial charge in [0.05, 0.1) is 13.2 Å². The van der Waals surface area contributed by atoms with Gasteiger partial charge >= 0.3 is 6.03 Å². The van der Waals surface area contributed by atoms with E-state index in [2.05, 4.69) is 5.32 Å². The van der Waals surface area contributed by atoms with Gasteiger partial charge in [-0.2, -0.15) is 0 Å². The highest BCUT2D eigenvalue weighted by Gasteiger charge is 2.35. The van der Waals surface area contributed by atoms with Crippen LogP contribution in [0.1, 0.15) is 26.7 Å². The lowest BCUT2D eigenvalue weighted by Crippen LogP contribution is -2.60. The average Bonchev–Trinajstić information content (AvgIpc) is 2.36. The van der Waals surface area contributed by atoms with Crippen LogP contribution in [0.3, 0.4) is 0 Å².